The molecular formula is C20H31N6O10PS. The third-order valence-corrected chi connectivity index (χ3v) is 7.11. The number of fused-ring (bicyclic) bond motifs is 1. The van der Waals surface area contributed by atoms with E-state index in [4.69, 9.17) is 25.0 Å². The number of sulfone groups is 1. The number of aliphatic hydroxyl groups excluding tert-OH is 1. The van der Waals surface area contributed by atoms with Gasteiger partial charge in [-0.1, -0.05) is 6.08 Å². The van der Waals surface area contributed by atoms with Crippen molar-refractivity contribution in [1.29, 1.82) is 0 Å². The highest BCUT2D eigenvalue weighted by Crippen LogP contribution is 2.39. The first-order valence-corrected chi connectivity index (χ1v) is 15.1. The zero-order valence-corrected chi connectivity index (χ0v) is 22.2. The van der Waals surface area contributed by atoms with Gasteiger partial charge in [0.1, 0.15) is 52.4 Å². The molecule has 0 spiro atoms. The van der Waals surface area contributed by atoms with Crippen molar-refractivity contribution in [3.05, 3.63) is 25.3 Å². The summed E-state index contributed by atoms with van der Waals surface area (Å²) in [5.74, 6) is -1.11. The summed E-state index contributed by atoms with van der Waals surface area (Å²) in [7, 11) is -8.32. The lowest BCUT2D eigenvalue weighted by Crippen LogP contribution is -2.47. The molecule has 3 rings (SSSR count). The Bertz CT molecular complexity index is 1280. The van der Waals surface area contributed by atoms with E-state index in [2.05, 4.69) is 31.4 Å². The third kappa shape index (κ3) is 8.51. The van der Waals surface area contributed by atoms with Crippen molar-refractivity contribution in [3.63, 3.8) is 0 Å². The molecule has 0 aliphatic carbocycles. The molecule has 2 aromatic heterocycles. The van der Waals surface area contributed by atoms with Crippen LogP contribution in [0.1, 0.15) is 31.9 Å². The third-order valence-electron chi connectivity index (χ3n) is 5.65. The number of rotatable bonds is 14. The van der Waals surface area contributed by atoms with Crippen molar-refractivity contribution in [2.75, 3.05) is 24.3 Å². The topological polar surface area (TPSA) is 238 Å². The van der Waals surface area contributed by atoms with Crippen LogP contribution < -0.4 is 11.1 Å². The van der Waals surface area contributed by atoms with Crippen LogP contribution in [0.25, 0.3) is 11.2 Å². The second kappa shape index (κ2) is 12.6. The van der Waals surface area contributed by atoms with Crippen LogP contribution >= 0.6 is 7.82 Å². The van der Waals surface area contributed by atoms with Crippen LogP contribution in [-0.4, -0.2) is 91.9 Å². The van der Waals surface area contributed by atoms with Crippen molar-refractivity contribution >= 4 is 40.6 Å². The van der Waals surface area contributed by atoms with Gasteiger partial charge in [0.15, 0.2) is 11.5 Å². The number of nitrogens with one attached hydrogen (secondary N) is 1. The number of anilines is 1. The molecule has 212 valence electrons. The fourth-order valence-corrected chi connectivity index (χ4v) is 4.83. The minimum absolute atomic E-state index is 0.00804. The van der Waals surface area contributed by atoms with Gasteiger partial charge < -0.3 is 30.1 Å². The summed E-state index contributed by atoms with van der Waals surface area (Å²) in [6.07, 6.45) is 1.52. The molecule has 0 bridgehead atoms. The molecule has 1 aliphatic rings. The van der Waals surface area contributed by atoms with Gasteiger partial charge in [0.25, 0.3) is 0 Å². The first-order valence-electron chi connectivity index (χ1n) is 11.5. The Morgan fingerprint density at radius 1 is 1.39 bits per heavy atom. The van der Waals surface area contributed by atoms with Gasteiger partial charge in [0.05, 0.1) is 18.7 Å². The highest BCUT2D eigenvalue weighted by atomic mass is 32.2. The molecule has 1 aliphatic heterocycles. The van der Waals surface area contributed by atoms with E-state index in [0.29, 0.717) is 17.6 Å². The van der Waals surface area contributed by atoms with E-state index in [0.717, 1.165) is 6.26 Å². The number of nitrogen functional groups attached to an aromatic ring is 1. The fraction of sp³-hybridized carbons (Fsp3) is 0.600. The summed E-state index contributed by atoms with van der Waals surface area (Å²) < 4.78 is 52.3. The summed E-state index contributed by atoms with van der Waals surface area (Å²) in [6.45, 7) is 2.95. The number of hydrogen-bond acceptors (Lipinski definition) is 13. The molecule has 0 saturated carbocycles. The number of imidazole rings is 1. The van der Waals surface area contributed by atoms with E-state index in [9.17, 15) is 22.9 Å². The van der Waals surface area contributed by atoms with E-state index in [-0.39, 0.29) is 30.8 Å². The number of phosphoric ester groups is 1. The second-order valence-electron chi connectivity index (χ2n) is 8.73. The van der Waals surface area contributed by atoms with Crippen molar-refractivity contribution in [2.24, 2.45) is 0 Å². The van der Waals surface area contributed by atoms with Crippen LogP contribution in [0.15, 0.2) is 25.3 Å². The van der Waals surface area contributed by atoms with Gasteiger partial charge in [-0.05, 0) is 19.3 Å². The van der Waals surface area contributed by atoms with E-state index in [1.54, 1.807) is 6.08 Å². The minimum Gasteiger partial charge on any atom is -0.458 e. The first-order chi connectivity index (χ1) is 17.8. The van der Waals surface area contributed by atoms with Crippen LogP contribution in [0.5, 0.6) is 0 Å². The van der Waals surface area contributed by atoms with Gasteiger partial charge >= 0.3 is 13.8 Å². The average molecular weight is 579 g/mol. The van der Waals surface area contributed by atoms with E-state index in [1.807, 2.05) is 0 Å². The maximum Gasteiger partial charge on any atom is 0.469 e. The smallest absolute Gasteiger partial charge is 0.458 e. The van der Waals surface area contributed by atoms with Crippen LogP contribution in [0.4, 0.5) is 5.82 Å². The number of aromatic nitrogens is 4. The predicted octanol–water partition coefficient (Wildman–Crippen LogP) is -0.605. The number of carbonyl (C=O) groups is 1. The number of ether oxygens (including phenoxy) is 2. The highest BCUT2D eigenvalue weighted by molar-refractivity contribution is 7.90. The molecular weight excluding hydrogens is 547 g/mol. The van der Waals surface area contributed by atoms with Crippen LogP contribution in [0, 0.1) is 0 Å². The van der Waals surface area contributed by atoms with Crippen molar-refractivity contribution in [1.82, 2.24) is 24.8 Å². The zero-order valence-electron chi connectivity index (χ0n) is 20.5. The monoisotopic (exact) mass is 578 g/mol. The van der Waals surface area contributed by atoms with E-state index in [1.165, 1.54) is 17.2 Å². The SMILES string of the molecule is C=CCCC(O)N[C@@H](CCS(C)(=O)=O)C(=O)OC1C[C@H](n2cnc3c(N)ncnc32)O[C@@H]1COP(=O)(O)O. The predicted molar refractivity (Wildman–Crippen MR) is 133 cm³/mol. The van der Waals surface area contributed by atoms with Crippen molar-refractivity contribution < 1.29 is 46.7 Å². The summed E-state index contributed by atoms with van der Waals surface area (Å²) in [5.41, 5.74) is 6.45. The number of nitrogens with zero attached hydrogens (tertiary/aromatic N) is 4. The number of aliphatic hydroxyl groups is 1. The summed E-state index contributed by atoms with van der Waals surface area (Å²) in [5, 5.41) is 12.9. The van der Waals surface area contributed by atoms with E-state index < -0.39 is 60.9 Å². The molecule has 38 heavy (non-hydrogen) atoms. The Kier molecular flexibility index (Phi) is 9.94. The summed E-state index contributed by atoms with van der Waals surface area (Å²) in [4.78, 5) is 43.6. The molecule has 3 heterocycles. The Morgan fingerprint density at radius 3 is 2.79 bits per heavy atom. The number of phosphoric acid groups is 1. The first kappa shape index (κ1) is 30.0. The number of allylic oxidation sites excluding steroid dienone is 1. The minimum atomic E-state index is -4.88. The van der Waals surface area contributed by atoms with Crippen molar-refractivity contribution in [3.8, 4) is 0 Å². The van der Waals surface area contributed by atoms with Gasteiger partial charge in [-0.25, -0.2) is 27.9 Å². The number of carbonyl (C=O) groups excluding carboxylic acids is 1. The van der Waals surface area contributed by atoms with Crippen LogP contribution in [0.2, 0.25) is 0 Å². The average Bonchev–Trinajstić information content (AvgIpc) is 3.42. The maximum absolute atomic E-state index is 13.1. The molecule has 0 amide bonds. The summed E-state index contributed by atoms with van der Waals surface area (Å²) in [6, 6.07) is -1.20. The van der Waals surface area contributed by atoms with Gasteiger partial charge in [-0.2, -0.15) is 0 Å². The van der Waals surface area contributed by atoms with Crippen LogP contribution in [0.3, 0.4) is 0 Å². The Labute approximate surface area is 218 Å². The quantitative estimate of drug-likeness (QED) is 0.0813. The fourth-order valence-electron chi connectivity index (χ4n) is 3.82. The number of hydrogen-bond donors (Lipinski definition) is 5. The van der Waals surface area contributed by atoms with Crippen LogP contribution in [-0.2, 0) is 33.2 Å². The largest absolute Gasteiger partial charge is 0.469 e. The molecule has 1 fully saturated rings. The van der Waals surface area contributed by atoms with Gasteiger partial charge in [-0.3, -0.25) is 19.2 Å². The van der Waals surface area contributed by atoms with Gasteiger partial charge in [0.2, 0.25) is 0 Å². The summed E-state index contributed by atoms with van der Waals surface area (Å²) >= 11 is 0. The standard InChI is InChI=1S/C20H31N6O10PS/c1-3-4-5-15(27)25-12(6-7-38(2,32)33)20(28)36-13-8-16(35-14(13)9-34-37(29,30)31)26-11-24-17-18(21)22-10-23-19(17)26/h3,10-16,25,27H,1,4-9H2,2H3,(H2,21,22,23)(H2,29,30,31)/t12-,13?,14+,15?,16+/m0/s1. The molecule has 2 aromatic rings. The molecule has 1 saturated heterocycles. The lowest BCUT2D eigenvalue weighted by atomic mass is 10.1. The Hall–Kier alpha value is -2.50. The molecule has 2 unspecified atom stereocenters. The van der Waals surface area contributed by atoms with Gasteiger partial charge in [0, 0.05) is 12.7 Å². The molecule has 0 radical (unpaired) electrons. The zero-order chi connectivity index (χ0) is 28.1. The molecule has 5 atom stereocenters. The van der Waals surface area contributed by atoms with Gasteiger partial charge in [-0.15, -0.1) is 6.58 Å². The Morgan fingerprint density at radius 2 is 2.13 bits per heavy atom. The van der Waals surface area contributed by atoms with Crippen molar-refractivity contribution in [2.45, 2.75) is 56.4 Å². The second-order valence-corrected chi connectivity index (χ2v) is 12.2. The number of esters is 1. The molecule has 18 heteroatoms. The number of nitrogens with two attached hydrogens (primary N) is 1. The Balaban J connectivity index is 1.80. The molecule has 0 aromatic carbocycles. The molecule has 6 N–H and O–H groups in total. The lowest BCUT2D eigenvalue weighted by Gasteiger charge is -2.24. The van der Waals surface area contributed by atoms with E-state index >= 15 is 0 Å². The highest BCUT2D eigenvalue weighted by Gasteiger charge is 2.42. The lowest BCUT2D eigenvalue weighted by molar-refractivity contribution is -0.156. The maximum atomic E-state index is 13.1. The molecule has 16 nitrogen and oxygen atoms in total. The normalized spacial score (nSPS) is 21.8.